The Balaban J connectivity index is 1.54. The number of fused-ring (bicyclic) bond motifs is 2. The molecule has 0 saturated carbocycles. The number of nitrogens with one attached hydrogen (secondary N) is 1. The van der Waals surface area contributed by atoms with Crippen LogP contribution in [0.3, 0.4) is 0 Å². The van der Waals surface area contributed by atoms with Crippen molar-refractivity contribution in [1.82, 2.24) is 25.1 Å². The summed E-state index contributed by atoms with van der Waals surface area (Å²) in [7, 11) is 3.89. The van der Waals surface area contributed by atoms with Gasteiger partial charge in [0.05, 0.1) is 16.6 Å². The van der Waals surface area contributed by atoms with Crippen LogP contribution in [0, 0.1) is 6.92 Å². The first-order valence-electron chi connectivity index (χ1n) is 9.89. The number of phenols is 1. The smallest absolute Gasteiger partial charge is 0.163 e. The zero-order chi connectivity index (χ0) is 20.1. The average Bonchev–Trinajstić information content (AvgIpc) is 3.36. The van der Waals surface area contributed by atoms with Gasteiger partial charge in [0.25, 0.3) is 0 Å². The second-order valence-corrected chi connectivity index (χ2v) is 7.80. The number of benzene rings is 2. The topological polar surface area (TPSA) is 79.1 Å². The van der Waals surface area contributed by atoms with Gasteiger partial charge in [-0.25, -0.2) is 9.97 Å². The molecule has 2 aromatic carbocycles. The summed E-state index contributed by atoms with van der Waals surface area (Å²) >= 11 is 0. The number of hydrogen-bond donors (Lipinski definition) is 2. The van der Waals surface area contributed by atoms with E-state index in [4.69, 9.17) is 4.98 Å². The Labute approximate surface area is 169 Å². The molecule has 2 N–H and O–H groups in total. The Morgan fingerprint density at radius 1 is 1.21 bits per heavy atom. The van der Waals surface area contributed by atoms with Crippen LogP contribution >= 0.6 is 0 Å². The summed E-state index contributed by atoms with van der Waals surface area (Å²) in [5.41, 5.74) is 4.23. The van der Waals surface area contributed by atoms with Gasteiger partial charge in [0.1, 0.15) is 5.75 Å². The van der Waals surface area contributed by atoms with E-state index in [0.29, 0.717) is 17.4 Å². The molecule has 7 heteroatoms. The van der Waals surface area contributed by atoms with Gasteiger partial charge in [0.2, 0.25) is 0 Å². The fraction of sp³-hybridized carbons (Fsp3) is 0.318. The fourth-order valence-electron chi connectivity index (χ4n) is 4.19. The molecule has 1 aliphatic rings. The molecule has 0 aliphatic carbocycles. The molecule has 1 atom stereocenters. The first kappa shape index (κ1) is 17.9. The molecular weight excluding hydrogens is 364 g/mol. The van der Waals surface area contributed by atoms with E-state index in [0.717, 1.165) is 46.9 Å². The molecular formula is C22H24N6O. The molecule has 0 spiro atoms. The number of anilines is 1. The number of aryl methyl sites for hydroxylation is 2. The molecule has 4 aromatic rings. The number of likely N-dealkylation sites (N-methyl/N-ethyl adjacent to an activating group) is 1. The third kappa shape index (κ3) is 2.98. The molecule has 0 amide bonds. The molecule has 1 fully saturated rings. The van der Waals surface area contributed by atoms with Gasteiger partial charge in [0.15, 0.2) is 5.82 Å². The largest absolute Gasteiger partial charge is 0.507 e. The van der Waals surface area contributed by atoms with Crippen LogP contribution in [-0.2, 0) is 7.05 Å². The Bertz CT molecular complexity index is 1230. The highest BCUT2D eigenvalue weighted by Crippen LogP contribution is 2.36. The highest BCUT2D eigenvalue weighted by molar-refractivity contribution is 5.91. The molecule has 0 unspecified atom stereocenters. The molecule has 0 bridgehead atoms. The van der Waals surface area contributed by atoms with E-state index in [9.17, 15) is 5.11 Å². The highest BCUT2D eigenvalue weighted by Gasteiger charge is 2.21. The fourth-order valence-corrected chi connectivity index (χ4v) is 4.19. The summed E-state index contributed by atoms with van der Waals surface area (Å²) in [6.07, 6.45) is 4.93. The van der Waals surface area contributed by atoms with Crippen LogP contribution in [-0.4, -0.2) is 51.0 Å². The zero-order valence-corrected chi connectivity index (χ0v) is 16.8. The lowest BCUT2D eigenvalue weighted by Crippen LogP contribution is -2.29. The number of aromatic nitrogens is 4. The molecule has 148 valence electrons. The van der Waals surface area contributed by atoms with Crippen molar-refractivity contribution in [3.63, 3.8) is 0 Å². The molecule has 2 aromatic heterocycles. The van der Waals surface area contributed by atoms with Crippen molar-refractivity contribution in [2.75, 3.05) is 25.0 Å². The summed E-state index contributed by atoms with van der Waals surface area (Å²) in [5.74, 6) is 0.704. The quantitative estimate of drug-likeness (QED) is 0.562. The van der Waals surface area contributed by atoms with E-state index in [-0.39, 0.29) is 5.75 Å². The maximum Gasteiger partial charge on any atom is 0.163 e. The maximum absolute atomic E-state index is 10.7. The molecule has 1 aliphatic heterocycles. The van der Waals surface area contributed by atoms with Gasteiger partial charge in [-0.1, -0.05) is 0 Å². The number of hydrogen-bond acceptors (Lipinski definition) is 6. The summed E-state index contributed by atoms with van der Waals surface area (Å²) < 4.78 is 1.75. The zero-order valence-electron chi connectivity index (χ0n) is 16.8. The first-order valence-corrected chi connectivity index (χ1v) is 9.89. The molecule has 3 heterocycles. The highest BCUT2D eigenvalue weighted by atomic mass is 16.3. The summed E-state index contributed by atoms with van der Waals surface area (Å²) in [5, 5.41) is 20.5. The average molecular weight is 388 g/mol. The van der Waals surface area contributed by atoms with Gasteiger partial charge < -0.3 is 15.3 Å². The monoisotopic (exact) mass is 388 g/mol. The number of rotatable bonds is 3. The van der Waals surface area contributed by atoms with Gasteiger partial charge in [-0.2, -0.15) is 5.10 Å². The van der Waals surface area contributed by atoms with Crippen LogP contribution in [0.2, 0.25) is 0 Å². The first-order chi connectivity index (χ1) is 14.0. The summed E-state index contributed by atoms with van der Waals surface area (Å²) in [6.45, 7) is 3.93. The minimum Gasteiger partial charge on any atom is -0.507 e. The van der Waals surface area contributed by atoms with Crippen molar-refractivity contribution in [2.24, 2.45) is 7.05 Å². The molecule has 29 heavy (non-hydrogen) atoms. The molecule has 1 saturated heterocycles. The van der Waals surface area contributed by atoms with E-state index in [1.54, 1.807) is 4.68 Å². The van der Waals surface area contributed by atoms with Crippen LogP contribution in [0.25, 0.3) is 33.2 Å². The number of nitrogens with zero attached hydrogens (tertiary/aromatic N) is 5. The van der Waals surface area contributed by atoms with E-state index < -0.39 is 0 Å². The second kappa shape index (κ2) is 6.70. The van der Waals surface area contributed by atoms with Crippen LogP contribution in [0.4, 0.5) is 5.69 Å². The standard InChI is InChI=1S/C22H24N6O/c1-13-20-15(11-27(3)26-20)9-18(21(13)29)22-24-10-14-8-17(4-5-19(14)25-22)28-7-6-16(12-28)23-2/h4-5,8-11,16,23,29H,6-7,12H2,1-3H3/t16-/m1/s1. The van der Waals surface area contributed by atoms with Crippen molar-refractivity contribution in [3.05, 3.63) is 42.2 Å². The normalized spacial score (nSPS) is 16.9. The van der Waals surface area contributed by atoms with Crippen LogP contribution in [0.5, 0.6) is 5.75 Å². The molecule has 0 radical (unpaired) electrons. The van der Waals surface area contributed by atoms with E-state index in [1.807, 2.05) is 45.5 Å². The summed E-state index contributed by atoms with van der Waals surface area (Å²) in [6, 6.07) is 8.74. The van der Waals surface area contributed by atoms with Gasteiger partial charge in [-0.05, 0) is 44.7 Å². The number of phenolic OH excluding ortho intramolecular Hbond substituents is 1. The second-order valence-electron chi connectivity index (χ2n) is 7.80. The van der Waals surface area contributed by atoms with Crippen molar-refractivity contribution in [2.45, 2.75) is 19.4 Å². The van der Waals surface area contributed by atoms with E-state index in [2.05, 4.69) is 32.4 Å². The Hall–Kier alpha value is -3.19. The lowest BCUT2D eigenvalue weighted by atomic mass is 10.0. The van der Waals surface area contributed by atoms with Gasteiger partial charge in [-0.15, -0.1) is 0 Å². The van der Waals surface area contributed by atoms with Crippen LogP contribution in [0.15, 0.2) is 36.7 Å². The van der Waals surface area contributed by atoms with Gasteiger partial charge in [-0.3, -0.25) is 4.68 Å². The van der Waals surface area contributed by atoms with Crippen molar-refractivity contribution < 1.29 is 5.11 Å². The predicted molar refractivity (Wildman–Crippen MR) is 115 cm³/mol. The van der Waals surface area contributed by atoms with Crippen LogP contribution < -0.4 is 10.2 Å². The lowest BCUT2D eigenvalue weighted by molar-refractivity contribution is 0.473. The molecule has 5 rings (SSSR count). The van der Waals surface area contributed by atoms with Gasteiger partial charge in [0, 0.05) is 60.6 Å². The maximum atomic E-state index is 10.7. The van der Waals surface area contributed by atoms with E-state index in [1.165, 1.54) is 5.69 Å². The Morgan fingerprint density at radius 3 is 2.86 bits per heavy atom. The molecule has 7 nitrogen and oxygen atoms in total. The Kier molecular flexibility index (Phi) is 4.13. The van der Waals surface area contributed by atoms with Crippen molar-refractivity contribution in [3.8, 4) is 17.1 Å². The SMILES string of the molecule is CN[C@@H]1CCN(c2ccc3nc(-c4cc5cn(C)nc5c(C)c4O)ncc3c2)C1. The minimum absolute atomic E-state index is 0.183. The van der Waals surface area contributed by atoms with E-state index >= 15 is 0 Å². The Morgan fingerprint density at radius 2 is 2.07 bits per heavy atom. The lowest BCUT2D eigenvalue weighted by Gasteiger charge is -2.19. The van der Waals surface area contributed by atoms with Crippen molar-refractivity contribution in [1.29, 1.82) is 0 Å². The third-order valence-electron chi connectivity index (χ3n) is 5.89. The third-order valence-corrected chi connectivity index (χ3v) is 5.89. The van der Waals surface area contributed by atoms with Crippen LogP contribution in [0.1, 0.15) is 12.0 Å². The van der Waals surface area contributed by atoms with Gasteiger partial charge >= 0.3 is 0 Å². The predicted octanol–water partition coefficient (Wildman–Crippen LogP) is 3.00. The van der Waals surface area contributed by atoms with Crippen molar-refractivity contribution >= 4 is 27.5 Å². The number of aromatic hydroxyl groups is 1. The minimum atomic E-state index is 0.183. The summed E-state index contributed by atoms with van der Waals surface area (Å²) in [4.78, 5) is 11.7.